The van der Waals surface area contributed by atoms with E-state index in [-0.39, 0.29) is 18.2 Å². The second kappa shape index (κ2) is 7.63. The van der Waals surface area contributed by atoms with Gasteiger partial charge < -0.3 is 9.72 Å². The van der Waals surface area contributed by atoms with Gasteiger partial charge in [0.05, 0.1) is 19.7 Å². The largest absolute Gasteiger partial charge is 0.469 e. The lowest BCUT2D eigenvalue weighted by molar-refractivity contribution is -0.141. The highest BCUT2D eigenvalue weighted by atomic mass is 19.4. The summed E-state index contributed by atoms with van der Waals surface area (Å²) >= 11 is 0. The average Bonchev–Trinajstić information content (AvgIpc) is 3.00. The van der Waals surface area contributed by atoms with Crippen molar-refractivity contribution in [1.29, 1.82) is 0 Å². The summed E-state index contributed by atoms with van der Waals surface area (Å²) in [5.41, 5.74) is 0.323. The number of alkyl halides is 3. The minimum Gasteiger partial charge on any atom is -0.469 e. The molecule has 0 aliphatic carbocycles. The van der Waals surface area contributed by atoms with Crippen molar-refractivity contribution in [3.05, 3.63) is 41.7 Å². The third kappa shape index (κ3) is 4.61. The number of hydrogen-bond acceptors (Lipinski definition) is 3. The molecule has 22 heavy (non-hydrogen) atoms. The molecule has 1 N–H and O–H groups in total. The molecule has 0 saturated carbocycles. The molecule has 0 bridgehead atoms. The molecule has 1 aromatic heterocycles. The van der Waals surface area contributed by atoms with Gasteiger partial charge in [-0.1, -0.05) is 38.1 Å². The van der Waals surface area contributed by atoms with Gasteiger partial charge in [0.15, 0.2) is 0 Å². The molecular weight excluding hydrogens is 297 g/mol. The zero-order valence-electron chi connectivity index (χ0n) is 12.5. The molecule has 4 nitrogen and oxygen atoms in total. The molecule has 1 aromatic carbocycles. The molecular formula is C15H17F3N2O2. The molecule has 0 unspecified atom stereocenters. The number of esters is 1. The summed E-state index contributed by atoms with van der Waals surface area (Å²) in [4.78, 5) is 17.0. The number of aromatic nitrogens is 2. The summed E-state index contributed by atoms with van der Waals surface area (Å²) in [7, 11) is 1.29. The van der Waals surface area contributed by atoms with Crippen LogP contribution < -0.4 is 0 Å². The number of carbonyl (C=O) groups excluding carboxylic acids is 1. The van der Waals surface area contributed by atoms with Crippen molar-refractivity contribution < 1.29 is 22.7 Å². The topological polar surface area (TPSA) is 55.0 Å². The van der Waals surface area contributed by atoms with Crippen molar-refractivity contribution in [2.24, 2.45) is 0 Å². The number of carbonyl (C=O) groups is 1. The van der Waals surface area contributed by atoms with Crippen LogP contribution in [0, 0.1) is 0 Å². The van der Waals surface area contributed by atoms with Crippen LogP contribution >= 0.6 is 0 Å². The normalized spacial score (nSPS) is 10.6. The second-order valence-corrected chi connectivity index (χ2v) is 4.09. The zero-order chi connectivity index (χ0) is 16.8. The summed E-state index contributed by atoms with van der Waals surface area (Å²) in [6, 6.07) is 6.47. The van der Waals surface area contributed by atoms with Crippen molar-refractivity contribution in [2.45, 2.75) is 26.4 Å². The standard InChI is InChI=1S/C13H11F3N2O2.C2H6/c1-20-11(19)6-8-2-4-9(5-3-8)12-17-7-10(18-12)13(14,15)16;1-2/h2-5,7H,6H2,1H3,(H,17,18);1-2H3. The van der Waals surface area contributed by atoms with Crippen LogP contribution in [0.4, 0.5) is 13.2 Å². The molecule has 2 aromatic rings. The average molecular weight is 314 g/mol. The Bertz CT molecular complexity index is 604. The van der Waals surface area contributed by atoms with E-state index >= 15 is 0 Å². The van der Waals surface area contributed by atoms with E-state index in [1.54, 1.807) is 24.3 Å². The predicted molar refractivity (Wildman–Crippen MR) is 76.1 cm³/mol. The molecule has 0 fully saturated rings. The fourth-order valence-corrected chi connectivity index (χ4v) is 1.63. The second-order valence-electron chi connectivity index (χ2n) is 4.09. The number of nitrogens with one attached hydrogen (secondary N) is 1. The maximum atomic E-state index is 12.4. The van der Waals surface area contributed by atoms with Crippen LogP contribution in [0.25, 0.3) is 11.4 Å². The molecule has 0 saturated heterocycles. The first-order valence-electron chi connectivity index (χ1n) is 6.68. The summed E-state index contributed by atoms with van der Waals surface area (Å²) in [5, 5.41) is 0. The Morgan fingerprint density at radius 3 is 2.27 bits per heavy atom. The lowest BCUT2D eigenvalue weighted by atomic mass is 10.1. The van der Waals surface area contributed by atoms with E-state index in [0.717, 1.165) is 6.20 Å². The molecule has 0 amide bonds. The van der Waals surface area contributed by atoms with Gasteiger partial charge in [-0.3, -0.25) is 4.79 Å². The number of methoxy groups -OCH3 is 1. The van der Waals surface area contributed by atoms with E-state index in [1.165, 1.54) is 7.11 Å². The number of rotatable bonds is 3. The highest BCUT2D eigenvalue weighted by molar-refractivity contribution is 5.72. The number of nitrogens with zero attached hydrogens (tertiary/aromatic N) is 1. The Hall–Kier alpha value is -2.31. The minimum absolute atomic E-state index is 0.114. The first-order chi connectivity index (χ1) is 10.4. The summed E-state index contributed by atoms with van der Waals surface area (Å²) < 4.78 is 41.8. The van der Waals surface area contributed by atoms with Crippen LogP contribution in [0.2, 0.25) is 0 Å². The number of aromatic amines is 1. The van der Waals surface area contributed by atoms with E-state index in [9.17, 15) is 18.0 Å². The Kier molecular flexibility index (Phi) is 6.15. The van der Waals surface area contributed by atoms with Gasteiger partial charge in [0.1, 0.15) is 11.5 Å². The SMILES string of the molecule is CC.COC(=O)Cc1ccc(-c2ncc(C(F)(F)F)[nH]2)cc1. The van der Waals surface area contributed by atoms with Crippen LogP contribution in [0.3, 0.4) is 0 Å². The van der Waals surface area contributed by atoms with Gasteiger partial charge in [-0.15, -0.1) is 0 Å². The first kappa shape index (κ1) is 17.7. The van der Waals surface area contributed by atoms with E-state index in [4.69, 9.17) is 0 Å². The summed E-state index contributed by atoms with van der Waals surface area (Å²) in [5.74, 6) is -0.253. The molecule has 2 rings (SSSR count). The van der Waals surface area contributed by atoms with Crippen molar-refractivity contribution in [3.63, 3.8) is 0 Å². The van der Waals surface area contributed by atoms with Gasteiger partial charge >= 0.3 is 12.1 Å². The minimum atomic E-state index is -4.45. The quantitative estimate of drug-likeness (QED) is 0.876. The number of halogens is 3. The van der Waals surface area contributed by atoms with Gasteiger partial charge in [-0.05, 0) is 5.56 Å². The molecule has 0 aliphatic heterocycles. The van der Waals surface area contributed by atoms with Gasteiger partial charge in [0, 0.05) is 5.56 Å². The Labute approximate surface area is 126 Å². The number of benzene rings is 1. The van der Waals surface area contributed by atoms with E-state index in [2.05, 4.69) is 14.7 Å². The van der Waals surface area contributed by atoms with Crippen molar-refractivity contribution >= 4 is 5.97 Å². The van der Waals surface area contributed by atoms with E-state index in [1.807, 2.05) is 13.8 Å². The lowest BCUT2D eigenvalue weighted by Crippen LogP contribution is -2.05. The lowest BCUT2D eigenvalue weighted by Gasteiger charge is -2.03. The van der Waals surface area contributed by atoms with Crippen LogP contribution in [-0.2, 0) is 22.1 Å². The molecule has 1 heterocycles. The van der Waals surface area contributed by atoms with Crippen molar-refractivity contribution in [1.82, 2.24) is 9.97 Å². The zero-order valence-corrected chi connectivity index (χ0v) is 12.5. The monoisotopic (exact) mass is 314 g/mol. The van der Waals surface area contributed by atoms with Crippen LogP contribution in [0.15, 0.2) is 30.5 Å². The Morgan fingerprint density at radius 2 is 1.82 bits per heavy atom. The first-order valence-corrected chi connectivity index (χ1v) is 6.68. The third-order valence-corrected chi connectivity index (χ3v) is 2.68. The number of ether oxygens (including phenoxy) is 1. The predicted octanol–water partition coefficient (Wildman–Crippen LogP) is 3.84. The highest BCUT2D eigenvalue weighted by Crippen LogP contribution is 2.29. The fourth-order valence-electron chi connectivity index (χ4n) is 1.63. The summed E-state index contributed by atoms with van der Waals surface area (Å²) in [6.07, 6.45) is -3.59. The molecule has 7 heteroatoms. The van der Waals surface area contributed by atoms with Crippen molar-refractivity contribution in [3.8, 4) is 11.4 Å². The number of hydrogen-bond donors (Lipinski definition) is 1. The van der Waals surface area contributed by atoms with Crippen LogP contribution in [0.5, 0.6) is 0 Å². The van der Waals surface area contributed by atoms with Gasteiger partial charge in [-0.2, -0.15) is 13.2 Å². The van der Waals surface area contributed by atoms with Gasteiger partial charge in [0.2, 0.25) is 0 Å². The third-order valence-electron chi connectivity index (χ3n) is 2.68. The van der Waals surface area contributed by atoms with E-state index < -0.39 is 11.9 Å². The summed E-state index contributed by atoms with van der Waals surface area (Å²) in [6.45, 7) is 4.00. The Balaban J connectivity index is 0.00000116. The molecule has 0 aliphatic rings. The number of H-pyrrole nitrogens is 1. The highest BCUT2D eigenvalue weighted by Gasteiger charge is 2.33. The van der Waals surface area contributed by atoms with Crippen molar-refractivity contribution in [2.75, 3.05) is 7.11 Å². The molecule has 0 spiro atoms. The molecule has 120 valence electrons. The van der Waals surface area contributed by atoms with Crippen LogP contribution in [-0.4, -0.2) is 23.0 Å². The fraction of sp³-hybridized carbons (Fsp3) is 0.333. The smallest absolute Gasteiger partial charge is 0.432 e. The van der Waals surface area contributed by atoms with Gasteiger partial charge in [-0.25, -0.2) is 4.98 Å². The molecule has 0 radical (unpaired) electrons. The van der Waals surface area contributed by atoms with Gasteiger partial charge in [0.25, 0.3) is 0 Å². The van der Waals surface area contributed by atoms with Crippen LogP contribution in [0.1, 0.15) is 25.1 Å². The van der Waals surface area contributed by atoms with E-state index in [0.29, 0.717) is 11.1 Å². The molecule has 0 atom stereocenters. The maximum absolute atomic E-state index is 12.4. The Morgan fingerprint density at radius 1 is 1.23 bits per heavy atom. The maximum Gasteiger partial charge on any atom is 0.432 e. The number of imidazole rings is 1.